The van der Waals surface area contributed by atoms with Gasteiger partial charge in [0.1, 0.15) is 0 Å². The highest BCUT2D eigenvalue weighted by molar-refractivity contribution is 5.94. The summed E-state index contributed by atoms with van der Waals surface area (Å²) in [6, 6.07) is 17.3. The van der Waals surface area contributed by atoms with Crippen LogP contribution in [0.1, 0.15) is 28.8 Å². The van der Waals surface area contributed by atoms with E-state index in [9.17, 15) is 9.90 Å². The zero-order valence-corrected chi connectivity index (χ0v) is 14.3. The van der Waals surface area contributed by atoms with Gasteiger partial charge in [0.2, 0.25) is 0 Å². The summed E-state index contributed by atoms with van der Waals surface area (Å²) in [6.07, 6.45) is 2.12. The van der Waals surface area contributed by atoms with Gasteiger partial charge in [-0.25, -0.2) is 0 Å². The largest absolute Gasteiger partial charge is 0.396 e. The van der Waals surface area contributed by atoms with Gasteiger partial charge in [0.15, 0.2) is 0 Å². The van der Waals surface area contributed by atoms with Crippen molar-refractivity contribution in [3.63, 3.8) is 0 Å². The summed E-state index contributed by atoms with van der Waals surface area (Å²) >= 11 is 0. The monoisotopic (exact) mass is 339 g/mol. The molecule has 0 saturated carbocycles. The number of nitrogens with one attached hydrogen (secondary N) is 2. The maximum absolute atomic E-state index is 12.2. The van der Waals surface area contributed by atoms with E-state index in [2.05, 4.69) is 15.8 Å². The molecule has 0 atom stereocenters. The lowest BCUT2D eigenvalue weighted by molar-refractivity contribution is 0.0962. The molecule has 1 saturated heterocycles. The van der Waals surface area contributed by atoms with Gasteiger partial charge in [-0.05, 0) is 61.7 Å². The van der Waals surface area contributed by atoms with E-state index < -0.39 is 0 Å². The molecular weight excluding hydrogens is 314 g/mol. The molecule has 0 bridgehead atoms. The van der Waals surface area contributed by atoms with Crippen molar-refractivity contribution < 1.29 is 9.90 Å². The molecule has 1 amide bonds. The molecule has 5 heteroatoms. The van der Waals surface area contributed by atoms with E-state index >= 15 is 0 Å². The Labute approximate surface area is 148 Å². The molecule has 1 heterocycles. The molecule has 25 heavy (non-hydrogen) atoms. The van der Waals surface area contributed by atoms with Crippen molar-refractivity contribution in [2.24, 2.45) is 5.92 Å². The molecule has 2 aromatic rings. The van der Waals surface area contributed by atoms with Crippen LogP contribution in [-0.4, -0.2) is 35.6 Å². The van der Waals surface area contributed by atoms with E-state index in [1.165, 1.54) is 5.56 Å². The number of carbonyl (C=O) groups excluding carboxylic acids is 1. The summed E-state index contributed by atoms with van der Waals surface area (Å²) in [7, 11) is 0. The lowest BCUT2D eigenvalue weighted by Gasteiger charge is -2.31. The third-order valence-corrected chi connectivity index (χ3v) is 4.68. The van der Waals surface area contributed by atoms with Gasteiger partial charge in [-0.2, -0.15) is 0 Å². The van der Waals surface area contributed by atoms with Gasteiger partial charge < -0.3 is 5.11 Å². The Kier molecular flexibility index (Phi) is 6.04. The lowest BCUT2D eigenvalue weighted by Crippen LogP contribution is -2.34. The van der Waals surface area contributed by atoms with Crippen molar-refractivity contribution in [3.05, 3.63) is 65.7 Å². The Morgan fingerprint density at radius 1 is 1.04 bits per heavy atom. The van der Waals surface area contributed by atoms with Gasteiger partial charge in [0.05, 0.1) is 5.69 Å². The van der Waals surface area contributed by atoms with Crippen LogP contribution in [0.15, 0.2) is 54.6 Å². The zero-order valence-electron chi connectivity index (χ0n) is 14.3. The van der Waals surface area contributed by atoms with Crippen molar-refractivity contribution >= 4 is 11.6 Å². The van der Waals surface area contributed by atoms with Crippen molar-refractivity contribution in [2.75, 3.05) is 25.1 Å². The fraction of sp³-hybridized carbons (Fsp3) is 0.350. The standard InChI is InChI=1S/C20H25N3O2/c24-15-17-10-12-23(13-11-17)14-16-6-8-18(9-7-16)20(25)22-21-19-4-2-1-3-5-19/h1-9,17,21,24H,10-15H2,(H,22,25). The average Bonchev–Trinajstić information content (AvgIpc) is 2.68. The lowest BCUT2D eigenvalue weighted by atomic mass is 9.97. The van der Waals surface area contributed by atoms with Crippen LogP contribution in [0.2, 0.25) is 0 Å². The van der Waals surface area contributed by atoms with Crippen molar-refractivity contribution in [3.8, 4) is 0 Å². The summed E-state index contributed by atoms with van der Waals surface area (Å²) in [5, 5.41) is 9.20. The molecule has 0 radical (unpaired) electrons. The molecular formula is C20H25N3O2. The third-order valence-electron chi connectivity index (χ3n) is 4.68. The van der Waals surface area contributed by atoms with Gasteiger partial charge in [-0.3, -0.25) is 20.5 Å². The Morgan fingerprint density at radius 3 is 2.36 bits per heavy atom. The molecule has 1 aliphatic rings. The second-order valence-electron chi connectivity index (χ2n) is 6.54. The van der Waals surface area contributed by atoms with E-state index in [1.54, 1.807) is 0 Å². The molecule has 132 valence electrons. The number of benzene rings is 2. The zero-order chi connectivity index (χ0) is 17.5. The second-order valence-corrected chi connectivity index (χ2v) is 6.54. The topological polar surface area (TPSA) is 64.6 Å². The summed E-state index contributed by atoms with van der Waals surface area (Å²) < 4.78 is 0. The molecule has 1 fully saturated rings. The maximum atomic E-state index is 12.2. The van der Waals surface area contributed by atoms with Gasteiger partial charge in [0.25, 0.3) is 5.91 Å². The fourth-order valence-electron chi connectivity index (χ4n) is 3.07. The van der Waals surface area contributed by atoms with Crippen LogP contribution in [-0.2, 0) is 6.54 Å². The first kappa shape index (κ1) is 17.5. The first-order valence-electron chi connectivity index (χ1n) is 8.78. The van der Waals surface area contributed by atoms with Crippen LogP contribution in [0.3, 0.4) is 0 Å². The number of para-hydroxylation sites is 1. The van der Waals surface area contributed by atoms with Crippen LogP contribution in [0, 0.1) is 5.92 Å². The molecule has 0 unspecified atom stereocenters. The van der Waals surface area contributed by atoms with E-state index in [0.29, 0.717) is 18.1 Å². The van der Waals surface area contributed by atoms with Crippen molar-refractivity contribution in [2.45, 2.75) is 19.4 Å². The summed E-state index contributed by atoms with van der Waals surface area (Å²) in [5.41, 5.74) is 8.29. The molecule has 5 nitrogen and oxygen atoms in total. The first-order chi connectivity index (χ1) is 12.2. The number of nitrogens with zero attached hydrogens (tertiary/aromatic N) is 1. The van der Waals surface area contributed by atoms with Crippen LogP contribution in [0.25, 0.3) is 0 Å². The number of hydrazine groups is 1. The minimum Gasteiger partial charge on any atom is -0.396 e. The van der Waals surface area contributed by atoms with Crippen LogP contribution in [0.4, 0.5) is 5.69 Å². The SMILES string of the molecule is O=C(NNc1ccccc1)c1ccc(CN2CCC(CO)CC2)cc1. The van der Waals surface area contributed by atoms with Crippen molar-refractivity contribution in [1.82, 2.24) is 10.3 Å². The molecule has 2 aromatic carbocycles. The minimum absolute atomic E-state index is 0.154. The fourth-order valence-corrected chi connectivity index (χ4v) is 3.07. The van der Waals surface area contributed by atoms with Crippen LogP contribution < -0.4 is 10.9 Å². The highest BCUT2D eigenvalue weighted by Crippen LogP contribution is 2.18. The van der Waals surface area contributed by atoms with E-state index in [-0.39, 0.29) is 5.91 Å². The summed E-state index contributed by atoms with van der Waals surface area (Å²) in [4.78, 5) is 14.6. The minimum atomic E-state index is -0.154. The van der Waals surface area contributed by atoms with E-state index in [4.69, 9.17) is 0 Å². The quantitative estimate of drug-likeness (QED) is 0.708. The molecule has 0 aliphatic carbocycles. The Balaban J connectivity index is 1.49. The maximum Gasteiger partial charge on any atom is 0.269 e. The van der Waals surface area contributed by atoms with Gasteiger partial charge >= 0.3 is 0 Å². The molecule has 1 aliphatic heterocycles. The molecule has 0 spiro atoms. The highest BCUT2D eigenvalue weighted by atomic mass is 16.3. The number of aliphatic hydroxyl groups excluding tert-OH is 1. The number of amides is 1. The Morgan fingerprint density at radius 2 is 1.72 bits per heavy atom. The second kappa shape index (κ2) is 8.65. The number of rotatable bonds is 6. The van der Waals surface area contributed by atoms with Crippen molar-refractivity contribution in [1.29, 1.82) is 0 Å². The molecule has 3 N–H and O–H groups in total. The highest BCUT2D eigenvalue weighted by Gasteiger charge is 2.18. The summed E-state index contributed by atoms with van der Waals surface area (Å²) in [6.45, 7) is 3.24. The molecule has 0 aromatic heterocycles. The third kappa shape index (κ3) is 5.05. The smallest absolute Gasteiger partial charge is 0.269 e. The molecule has 3 rings (SSSR count). The predicted octanol–water partition coefficient (Wildman–Crippen LogP) is 2.65. The number of hydrogen-bond donors (Lipinski definition) is 3. The predicted molar refractivity (Wildman–Crippen MR) is 99.1 cm³/mol. The Hall–Kier alpha value is -2.37. The number of carbonyl (C=O) groups is 1. The summed E-state index contributed by atoms with van der Waals surface area (Å²) in [5.74, 6) is 0.304. The first-order valence-corrected chi connectivity index (χ1v) is 8.78. The number of aliphatic hydroxyl groups is 1. The normalized spacial score (nSPS) is 15.7. The van der Waals surface area contributed by atoms with E-state index in [0.717, 1.165) is 38.2 Å². The van der Waals surface area contributed by atoms with Gasteiger partial charge in [0, 0.05) is 18.7 Å². The average molecular weight is 339 g/mol. The van der Waals surface area contributed by atoms with Gasteiger partial charge in [-0.15, -0.1) is 0 Å². The van der Waals surface area contributed by atoms with E-state index in [1.807, 2.05) is 54.6 Å². The van der Waals surface area contributed by atoms with Gasteiger partial charge in [-0.1, -0.05) is 30.3 Å². The number of likely N-dealkylation sites (tertiary alicyclic amines) is 1. The number of piperidine rings is 1. The Bertz CT molecular complexity index is 665. The number of anilines is 1. The number of hydrogen-bond acceptors (Lipinski definition) is 4. The van der Waals surface area contributed by atoms with Crippen LogP contribution in [0.5, 0.6) is 0 Å². The van der Waals surface area contributed by atoms with Crippen LogP contribution >= 0.6 is 0 Å².